The largest absolute Gasteiger partial charge is 0.506 e. The number of ether oxygens (including phenoxy) is 1. The summed E-state index contributed by atoms with van der Waals surface area (Å²) in [6, 6.07) is 3.60. The average molecular weight is 340 g/mol. The molecule has 0 spiro atoms. The number of carbonyl (C=O) groups is 1. The van der Waals surface area contributed by atoms with E-state index in [1.807, 2.05) is 13.0 Å². The van der Waals surface area contributed by atoms with Gasteiger partial charge < -0.3 is 9.84 Å². The van der Waals surface area contributed by atoms with Crippen molar-refractivity contribution in [1.82, 2.24) is 15.4 Å². The number of aromatic hydroxyl groups is 1. The summed E-state index contributed by atoms with van der Waals surface area (Å²) in [6.45, 7) is 3.96. The zero-order chi connectivity index (χ0) is 14.7. The summed E-state index contributed by atoms with van der Waals surface area (Å²) >= 11 is 3.29. The number of H-pyrrole nitrogens is 1. The van der Waals surface area contributed by atoms with Crippen molar-refractivity contribution in [3.8, 4) is 17.0 Å². The minimum atomic E-state index is -0.575. The van der Waals surface area contributed by atoms with Crippen LogP contribution in [0.25, 0.3) is 11.3 Å². The molecule has 20 heavy (non-hydrogen) atoms. The minimum absolute atomic E-state index is 0.0154. The highest BCUT2D eigenvalue weighted by atomic mass is 79.9. The third-order valence-electron chi connectivity index (χ3n) is 2.80. The van der Waals surface area contributed by atoms with Crippen molar-refractivity contribution in [3.63, 3.8) is 0 Å². The Morgan fingerprint density at radius 1 is 1.40 bits per heavy atom. The van der Waals surface area contributed by atoms with Crippen molar-refractivity contribution < 1.29 is 14.6 Å². The molecule has 1 heterocycles. The van der Waals surface area contributed by atoms with E-state index in [0.29, 0.717) is 10.0 Å². The Balaban J connectivity index is 2.55. The molecule has 2 aromatic rings. The molecule has 1 aromatic heterocycles. The van der Waals surface area contributed by atoms with E-state index < -0.39 is 5.97 Å². The Morgan fingerprint density at radius 3 is 2.80 bits per heavy atom. The van der Waals surface area contributed by atoms with Crippen molar-refractivity contribution in [3.05, 3.63) is 27.9 Å². The van der Waals surface area contributed by atoms with Gasteiger partial charge in [0.2, 0.25) is 0 Å². The van der Waals surface area contributed by atoms with Crippen molar-refractivity contribution in [1.29, 1.82) is 0 Å². The van der Waals surface area contributed by atoms with Gasteiger partial charge in [-0.15, -0.1) is 5.10 Å². The number of hydrogen-bond acceptors (Lipinski definition) is 5. The highest BCUT2D eigenvalue weighted by molar-refractivity contribution is 9.10. The Bertz CT molecular complexity index is 640. The molecule has 2 N–H and O–H groups in total. The fourth-order valence-electron chi connectivity index (χ4n) is 1.80. The van der Waals surface area contributed by atoms with Crippen LogP contribution in [0.3, 0.4) is 0 Å². The normalized spacial score (nSPS) is 10.6. The third-order valence-corrected chi connectivity index (χ3v) is 3.41. The van der Waals surface area contributed by atoms with Crippen LogP contribution in [0.5, 0.6) is 5.75 Å². The topological polar surface area (TPSA) is 88.1 Å². The molecule has 0 fully saturated rings. The molecule has 0 saturated carbocycles. The number of phenolic OH excluding ortho intramolecular Hbond substituents is 1. The fraction of sp³-hybridized carbons (Fsp3) is 0.308. The molecule has 0 saturated heterocycles. The van der Waals surface area contributed by atoms with Crippen LogP contribution in [-0.2, 0) is 11.2 Å². The first-order valence-electron chi connectivity index (χ1n) is 6.18. The number of phenols is 1. The first kappa shape index (κ1) is 14.5. The quantitative estimate of drug-likeness (QED) is 0.836. The summed E-state index contributed by atoms with van der Waals surface area (Å²) in [6.07, 6.45) is 0.790. The summed E-state index contributed by atoms with van der Waals surface area (Å²) in [4.78, 5) is 11.8. The summed E-state index contributed by atoms with van der Waals surface area (Å²) in [5.74, 6) is -0.560. The van der Waals surface area contributed by atoms with E-state index in [1.54, 1.807) is 13.0 Å². The average Bonchev–Trinajstić information content (AvgIpc) is 2.91. The molecule has 2 rings (SSSR count). The van der Waals surface area contributed by atoms with Crippen LogP contribution in [0.1, 0.15) is 29.9 Å². The van der Waals surface area contributed by atoms with E-state index in [2.05, 4.69) is 31.3 Å². The molecule has 0 amide bonds. The number of esters is 1. The molecule has 0 unspecified atom stereocenters. The monoisotopic (exact) mass is 339 g/mol. The van der Waals surface area contributed by atoms with Crippen molar-refractivity contribution >= 4 is 21.9 Å². The van der Waals surface area contributed by atoms with Crippen LogP contribution in [0, 0.1) is 0 Å². The molecule has 0 radical (unpaired) electrons. The maximum Gasteiger partial charge on any atom is 0.361 e. The molecular formula is C13H14BrN3O3. The predicted molar refractivity (Wildman–Crippen MR) is 76.5 cm³/mol. The number of rotatable bonds is 4. The third kappa shape index (κ3) is 2.67. The Kier molecular flexibility index (Phi) is 4.39. The minimum Gasteiger partial charge on any atom is -0.506 e. The van der Waals surface area contributed by atoms with Crippen LogP contribution in [0.4, 0.5) is 0 Å². The fourth-order valence-corrected chi connectivity index (χ4v) is 2.31. The number of halogens is 1. The Labute approximate surface area is 124 Å². The summed E-state index contributed by atoms with van der Waals surface area (Å²) in [5, 5.41) is 20.3. The highest BCUT2D eigenvalue weighted by Gasteiger charge is 2.22. The maximum absolute atomic E-state index is 11.8. The number of nitrogens with zero attached hydrogens (tertiary/aromatic N) is 2. The van der Waals surface area contributed by atoms with Gasteiger partial charge in [0.05, 0.1) is 11.1 Å². The second-order valence-electron chi connectivity index (χ2n) is 4.07. The predicted octanol–water partition coefficient (Wildman–Crippen LogP) is 2.68. The Hall–Kier alpha value is -1.89. The SMILES string of the molecule is CCOC(=O)c1n[nH]nc1-c1cc(CC)cc(Br)c1O. The number of carbonyl (C=O) groups excluding carboxylic acids is 1. The summed E-state index contributed by atoms with van der Waals surface area (Å²) in [7, 11) is 0. The lowest BCUT2D eigenvalue weighted by atomic mass is 10.0. The van der Waals surface area contributed by atoms with Gasteiger partial charge in [0.15, 0.2) is 5.69 Å². The van der Waals surface area contributed by atoms with E-state index in [4.69, 9.17) is 4.74 Å². The molecule has 0 bridgehead atoms. The van der Waals surface area contributed by atoms with E-state index in [1.165, 1.54) is 0 Å². The molecule has 6 nitrogen and oxygen atoms in total. The summed E-state index contributed by atoms with van der Waals surface area (Å²) in [5.41, 5.74) is 1.77. The van der Waals surface area contributed by atoms with E-state index in [-0.39, 0.29) is 23.7 Å². The number of aryl methyl sites for hydroxylation is 1. The van der Waals surface area contributed by atoms with Crippen molar-refractivity contribution in [2.24, 2.45) is 0 Å². The molecular weight excluding hydrogens is 326 g/mol. The van der Waals surface area contributed by atoms with Crippen LogP contribution in [-0.4, -0.2) is 33.1 Å². The number of benzene rings is 1. The number of hydrogen-bond donors (Lipinski definition) is 2. The lowest BCUT2D eigenvalue weighted by Crippen LogP contribution is -2.07. The van der Waals surface area contributed by atoms with Crippen molar-refractivity contribution in [2.75, 3.05) is 6.61 Å². The van der Waals surface area contributed by atoms with Gasteiger partial charge in [0.25, 0.3) is 0 Å². The van der Waals surface area contributed by atoms with Gasteiger partial charge in [-0.05, 0) is 47.0 Å². The first-order valence-corrected chi connectivity index (χ1v) is 6.97. The van der Waals surface area contributed by atoms with Crippen LogP contribution >= 0.6 is 15.9 Å². The second kappa shape index (κ2) is 6.04. The molecule has 106 valence electrons. The number of nitrogens with one attached hydrogen (secondary N) is 1. The van der Waals surface area contributed by atoms with Gasteiger partial charge in [-0.3, -0.25) is 0 Å². The number of aromatic amines is 1. The van der Waals surface area contributed by atoms with Crippen molar-refractivity contribution in [2.45, 2.75) is 20.3 Å². The molecule has 0 atom stereocenters. The van der Waals surface area contributed by atoms with Gasteiger partial charge in [0, 0.05) is 5.56 Å². The van der Waals surface area contributed by atoms with Gasteiger partial charge >= 0.3 is 5.97 Å². The Morgan fingerprint density at radius 2 is 2.15 bits per heavy atom. The van der Waals surface area contributed by atoms with Gasteiger partial charge in [0.1, 0.15) is 11.4 Å². The zero-order valence-corrected chi connectivity index (χ0v) is 12.7. The van der Waals surface area contributed by atoms with E-state index >= 15 is 0 Å². The molecule has 1 aromatic carbocycles. The van der Waals surface area contributed by atoms with Gasteiger partial charge in [-0.25, -0.2) is 4.79 Å². The molecule has 0 aliphatic carbocycles. The summed E-state index contributed by atoms with van der Waals surface area (Å²) < 4.78 is 5.47. The lowest BCUT2D eigenvalue weighted by molar-refractivity contribution is 0.0520. The standard InChI is InChI=1S/C13H14BrN3O3/c1-3-7-5-8(12(18)9(14)6-7)10-11(16-17-15-10)13(19)20-4-2/h5-6,18H,3-4H2,1-2H3,(H,15,16,17). The smallest absolute Gasteiger partial charge is 0.361 e. The van der Waals surface area contributed by atoms with Gasteiger partial charge in [-0.1, -0.05) is 6.92 Å². The number of aromatic nitrogens is 3. The lowest BCUT2D eigenvalue weighted by Gasteiger charge is -2.08. The van der Waals surface area contributed by atoms with Gasteiger partial charge in [-0.2, -0.15) is 10.3 Å². The first-order chi connectivity index (χ1) is 9.58. The molecule has 7 heteroatoms. The van der Waals surface area contributed by atoms with Crippen LogP contribution in [0.2, 0.25) is 0 Å². The molecule has 0 aliphatic rings. The highest BCUT2D eigenvalue weighted by Crippen LogP contribution is 2.37. The van der Waals surface area contributed by atoms with Crippen LogP contribution in [0.15, 0.2) is 16.6 Å². The second-order valence-corrected chi connectivity index (χ2v) is 4.92. The van der Waals surface area contributed by atoms with E-state index in [9.17, 15) is 9.90 Å². The van der Waals surface area contributed by atoms with E-state index in [0.717, 1.165) is 12.0 Å². The van der Waals surface area contributed by atoms with Crippen LogP contribution < -0.4 is 0 Å². The zero-order valence-electron chi connectivity index (χ0n) is 11.1. The molecule has 0 aliphatic heterocycles. The maximum atomic E-state index is 11.8.